The van der Waals surface area contributed by atoms with Crippen LogP contribution in [-0.2, 0) is 17.8 Å². The normalized spacial score (nSPS) is 24.0. The van der Waals surface area contributed by atoms with Gasteiger partial charge in [0.15, 0.2) is 0 Å². The van der Waals surface area contributed by atoms with Gasteiger partial charge < -0.3 is 20.0 Å². The molecule has 2 N–H and O–H groups in total. The maximum Gasteiger partial charge on any atom is 0.315 e. The number of aryl methyl sites for hydroxylation is 1. The van der Waals surface area contributed by atoms with Crippen LogP contribution in [0, 0.1) is 5.41 Å². The van der Waals surface area contributed by atoms with Gasteiger partial charge in [-0.05, 0) is 31.9 Å². The number of hydrogen-bond donors (Lipinski definition) is 2. The van der Waals surface area contributed by atoms with Gasteiger partial charge in [-0.2, -0.15) is 5.10 Å². The molecule has 0 aromatic carbocycles. The second kappa shape index (κ2) is 7.05. The summed E-state index contributed by atoms with van der Waals surface area (Å²) in [5, 5.41) is 10.1. The van der Waals surface area contributed by atoms with Crippen molar-refractivity contribution in [1.29, 1.82) is 0 Å². The Morgan fingerprint density at radius 1 is 1.37 bits per heavy atom. The third-order valence-electron chi connectivity index (χ3n) is 5.59. The number of hydrogen-bond acceptors (Lipinski definition) is 5. The Morgan fingerprint density at radius 2 is 2.22 bits per heavy atom. The number of fused-ring (bicyclic) bond motifs is 1. The topological polar surface area (TPSA) is 105 Å². The molecule has 0 radical (unpaired) electrons. The minimum Gasteiger partial charge on any atom is -0.469 e. The zero-order valence-corrected chi connectivity index (χ0v) is 15.4. The van der Waals surface area contributed by atoms with Gasteiger partial charge in [-0.25, -0.2) is 14.5 Å². The van der Waals surface area contributed by atoms with Crippen LogP contribution in [0.5, 0.6) is 0 Å². The maximum absolute atomic E-state index is 12.7. The molecule has 1 fully saturated rings. The van der Waals surface area contributed by atoms with Crippen LogP contribution in [-0.4, -0.2) is 51.2 Å². The lowest BCUT2D eigenvalue weighted by Gasteiger charge is -2.40. The summed E-state index contributed by atoms with van der Waals surface area (Å²) in [7, 11) is 0. The first-order valence-corrected chi connectivity index (χ1v) is 9.33. The van der Waals surface area contributed by atoms with Gasteiger partial charge in [0, 0.05) is 31.6 Å². The standard InChI is InChI=1S/C18H24N6O3/c1-2-19-17(26)22-15-16-20-12-21-24(16)8-6-18(15)5-7-23(11-18)14(25)10-13-4-3-9-27-13/h3-4,9,12,15H,2,5-8,10-11H2,1H3,(H2,19,22,26)/t15-,18+/m0/s1. The van der Waals surface area contributed by atoms with Crippen molar-refractivity contribution in [2.75, 3.05) is 19.6 Å². The fourth-order valence-electron chi connectivity index (χ4n) is 4.20. The van der Waals surface area contributed by atoms with E-state index in [9.17, 15) is 9.59 Å². The Labute approximate surface area is 157 Å². The third kappa shape index (κ3) is 3.29. The van der Waals surface area contributed by atoms with Crippen molar-refractivity contribution in [2.24, 2.45) is 5.41 Å². The fourth-order valence-corrected chi connectivity index (χ4v) is 4.20. The number of urea groups is 1. The molecule has 4 heterocycles. The molecule has 1 saturated heterocycles. The molecule has 2 aliphatic rings. The average molecular weight is 372 g/mol. The lowest BCUT2D eigenvalue weighted by atomic mass is 9.74. The second-order valence-corrected chi connectivity index (χ2v) is 7.21. The lowest BCUT2D eigenvalue weighted by Crippen LogP contribution is -2.50. The molecule has 0 saturated carbocycles. The molecule has 3 amide bonds. The number of furan rings is 1. The van der Waals surface area contributed by atoms with Crippen molar-refractivity contribution in [1.82, 2.24) is 30.3 Å². The summed E-state index contributed by atoms with van der Waals surface area (Å²) in [6.07, 6.45) is 5.02. The Morgan fingerprint density at radius 3 is 3.00 bits per heavy atom. The molecule has 2 aromatic rings. The van der Waals surface area contributed by atoms with Gasteiger partial charge in [-0.3, -0.25) is 4.79 Å². The average Bonchev–Trinajstić information content (AvgIpc) is 3.39. The minimum absolute atomic E-state index is 0.0469. The summed E-state index contributed by atoms with van der Waals surface area (Å²) in [6.45, 7) is 4.43. The molecule has 0 unspecified atom stereocenters. The number of nitrogens with zero attached hydrogens (tertiary/aromatic N) is 4. The van der Waals surface area contributed by atoms with Gasteiger partial charge in [0.05, 0.1) is 18.7 Å². The first-order valence-electron chi connectivity index (χ1n) is 9.33. The summed E-state index contributed by atoms with van der Waals surface area (Å²) in [6, 6.07) is 3.10. The van der Waals surface area contributed by atoms with Crippen molar-refractivity contribution < 1.29 is 14.0 Å². The third-order valence-corrected chi connectivity index (χ3v) is 5.59. The maximum atomic E-state index is 12.7. The zero-order chi connectivity index (χ0) is 18.9. The minimum atomic E-state index is -0.276. The van der Waals surface area contributed by atoms with Gasteiger partial charge in [-0.15, -0.1) is 0 Å². The van der Waals surface area contributed by atoms with E-state index in [4.69, 9.17) is 4.42 Å². The second-order valence-electron chi connectivity index (χ2n) is 7.21. The van der Waals surface area contributed by atoms with Gasteiger partial charge in [0.1, 0.15) is 17.9 Å². The van der Waals surface area contributed by atoms with Crippen molar-refractivity contribution in [3.05, 3.63) is 36.3 Å². The number of carbonyl (C=O) groups excluding carboxylic acids is 2. The van der Waals surface area contributed by atoms with Gasteiger partial charge >= 0.3 is 6.03 Å². The van der Waals surface area contributed by atoms with Gasteiger partial charge in [0.25, 0.3) is 0 Å². The molecule has 0 aliphatic carbocycles. The van der Waals surface area contributed by atoms with Crippen molar-refractivity contribution >= 4 is 11.9 Å². The largest absolute Gasteiger partial charge is 0.469 e. The fraction of sp³-hybridized carbons (Fsp3) is 0.556. The summed E-state index contributed by atoms with van der Waals surface area (Å²) < 4.78 is 7.15. The van der Waals surface area contributed by atoms with Crippen LogP contribution in [0.15, 0.2) is 29.1 Å². The molecule has 4 rings (SSSR count). The number of carbonyl (C=O) groups is 2. The van der Waals surface area contributed by atoms with Crippen LogP contribution in [0.4, 0.5) is 4.79 Å². The zero-order valence-electron chi connectivity index (χ0n) is 15.4. The molecular formula is C18H24N6O3. The summed E-state index contributed by atoms with van der Waals surface area (Å²) in [5.74, 6) is 1.47. The highest BCUT2D eigenvalue weighted by atomic mass is 16.3. The molecule has 0 bridgehead atoms. The Kier molecular flexibility index (Phi) is 4.59. The predicted octanol–water partition coefficient (Wildman–Crippen LogP) is 1.10. The smallest absolute Gasteiger partial charge is 0.315 e. The van der Waals surface area contributed by atoms with E-state index in [2.05, 4.69) is 20.7 Å². The molecule has 1 spiro atoms. The molecule has 9 heteroatoms. The SMILES string of the molecule is CCNC(=O)N[C@H]1c2ncnn2CC[C@@]12CCN(C(=O)Cc1ccco1)C2. The van der Waals surface area contributed by atoms with E-state index in [1.807, 2.05) is 22.6 Å². The van der Waals surface area contributed by atoms with E-state index in [-0.39, 0.29) is 29.8 Å². The van der Waals surface area contributed by atoms with Crippen molar-refractivity contribution in [2.45, 2.75) is 38.8 Å². The molecule has 9 nitrogen and oxygen atoms in total. The van der Waals surface area contributed by atoms with Gasteiger partial charge in [0.2, 0.25) is 5.91 Å². The summed E-state index contributed by atoms with van der Waals surface area (Å²) >= 11 is 0. The van der Waals surface area contributed by atoms with Crippen LogP contribution < -0.4 is 10.6 Å². The highest BCUT2D eigenvalue weighted by molar-refractivity contribution is 5.78. The Hall–Kier alpha value is -2.84. The number of aromatic nitrogens is 3. The van der Waals surface area contributed by atoms with Gasteiger partial charge in [-0.1, -0.05) is 0 Å². The van der Waals surface area contributed by atoms with E-state index in [0.717, 1.165) is 25.2 Å². The molecular weight excluding hydrogens is 348 g/mol. The van der Waals surface area contributed by atoms with E-state index in [0.29, 0.717) is 25.4 Å². The molecule has 144 valence electrons. The van der Waals surface area contributed by atoms with E-state index >= 15 is 0 Å². The first kappa shape index (κ1) is 17.6. The quantitative estimate of drug-likeness (QED) is 0.836. The monoisotopic (exact) mass is 372 g/mol. The van der Waals surface area contributed by atoms with Crippen LogP contribution in [0.3, 0.4) is 0 Å². The van der Waals surface area contributed by atoms with Crippen LogP contribution in [0.1, 0.15) is 37.4 Å². The van der Waals surface area contributed by atoms with Crippen LogP contribution in [0.2, 0.25) is 0 Å². The Bertz CT molecular complexity index is 817. The molecule has 27 heavy (non-hydrogen) atoms. The van der Waals surface area contributed by atoms with Crippen molar-refractivity contribution in [3.63, 3.8) is 0 Å². The van der Waals surface area contributed by atoms with Crippen LogP contribution in [0.25, 0.3) is 0 Å². The Balaban J connectivity index is 1.53. The van der Waals surface area contributed by atoms with E-state index in [1.165, 1.54) is 6.33 Å². The van der Waals surface area contributed by atoms with Crippen LogP contribution >= 0.6 is 0 Å². The highest BCUT2D eigenvalue weighted by Crippen LogP contribution is 2.47. The van der Waals surface area contributed by atoms with E-state index < -0.39 is 0 Å². The molecule has 2 aliphatic heterocycles. The molecule has 2 aromatic heterocycles. The highest BCUT2D eigenvalue weighted by Gasteiger charge is 2.50. The van der Waals surface area contributed by atoms with Crippen molar-refractivity contribution in [3.8, 4) is 0 Å². The number of likely N-dealkylation sites (tertiary alicyclic amines) is 1. The summed E-state index contributed by atoms with van der Waals surface area (Å²) in [4.78, 5) is 31.2. The lowest BCUT2D eigenvalue weighted by molar-refractivity contribution is -0.130. The number of rotatable bonds is 4. The summed E-state index contributed by atoms with van der Waals surface area (Å²) in [5.41, 5.74) is -0.229. The first-order chi connectivity index (χ1) is 13.1. The van der Waals surface area contributed by atoms with E-state index in [1.54, 1.807) is 12.3 Å². The number of amides is 3. The number of nitrogens with one attached hydrogen (secondary N) is 2. The molecule has 2 atom stereocenters. The predicted molar refractivity (Wildman–Crippen MR) is 95.6 cm³/mol.